The lowest BCUT2D eigenvalue weighted by atomic mass is 9.98. The van der Waals surface area contributed by atoms with Crippen LogP contribution < -0.4 is 10.6 Å². The van der Waals surface area contributed by atoms with Gasteiger partial charge in [0.2, 0.25) is 0 Å². The molecular weight excluding hydrogens is 571 g/mol. The maximum absolute atomic E-state index is 14.3. The predicted octanol–water partition coefficient (Wildman–Crippen LogP) is 7.53. The van der Waals surface area contributed by atoms with Gasteiger partial charge < -0.3 is 25.3 Å². The standard InChI is InChI=1S/C37H31FN2O5/c1-22(18-24-13-15-30(38)29-8-4-3-7-28(24)29)39-36(43)27-14-16-31(25(20-27)12-10-23-11-17-32(41)33(42)19-23)40-37(44)35-21-26-6-2-5-9-34(26)45-35/h2-9,11,13-17,19-22,41-42H,10,12,18H2,1H3,(H,39,43)(H,40,44). The SMILES string of the molecule is CC(Cc1ccc(F)c2ccccc12)NC(=O)c1ccc(NC(=O)c2cc3ccccc3o2)c(CCc2ccc(O)c(O)c2)c1. The number of fused-ring (bicyclic) bond motifs is 2. The molecule has 0 bridgehead atoms. The van der Waals surface area contributed by atoms with Gasteiger partial charge in [-0.2, -0.15) is 0 Å². The molecule has 0 radical (unpaired) electrons. The molecule has 0 aliphatic heterocycles. The quantitative estimate of drug-likeness (QED) is 0.128. The minimum absolute atomic E-state index is 0.162. The van der Waals surface area contributed by atoms with Crippen LogP contribution >= 0.6 is 0 Å². The van der Waals surface area contributed by atoms with Crippen molar-refractivity contribution in [3.63, 3.8) is 0 Å². The Kier molecular flexibility index (Phi) is 8.20. The third-order valence-corrected chi connectivity index (χ3v) is 7.85. The van der Waals surface area contributed by atoms with E-state index in [1.54, 1.807) is 54.6 Å². The summed E-state index contributed by atoms with van der Waals surface area (Å²) in [7, 11) is 0. The van der Waals surface area contributed by atoms with Gasteiger partial charge in [0, 0.05) is 28.1 Å². The topological polar surface area (TPSA) is 112 Å². The number of carbonyl (C=O) groups excluding carboxylic acids is 2. The smallest absolute Gasteiger partial charge is 0.291 e. The molecule has 6 aromatic rings. The molecule has 0 aliphatic carbocycles. The van der Waals surface area contributed by atoms with E-state index in [1.807, 2.05) is 37.3 Å². The number of phenolic OH excluding ortho intramolecular Hbond substituents is 2. The van der Waals surface area contributed by atoms with Crippen molar-refractivity contribution in [1.82, 2.24) is 5.32 Å². The average molecular weight is 603 g/mol. The molecule has 7 nitrogen and oxygen atoms in total. The first-order chi connectivity index (χ1) is 21.7. The lowest BCUT2D eigenvalue weighted by Gasteiger charge is -2.17. The summed E-state index contributed by atoms with van der Waals surface area (Å²) >= 11 is 0. The van der Waals surface area contributed by atoms with Crippen molar-refractivity contribution in [2.24, 2.45) is 0 Å². The molecule has 1 heterocycles. The van der Waals surface area contributed by atoms with Gasteiger partial charge in [0.1, 0.15) is 11.4 Å². The van der Waals surface area contributed by atoms with E-state index in [9.17, 15) is 24.2 Å². The van der Waals surface area contributed by atoms with Crippen molar-refractivity contribution >= 4 is 39.2 Å². The van der Waals surface area contributed by atoms with Crippen LogP contribution in [0.3, 0.4) is 0 Å². The largest absolute Gasteiger partial charge is 0.504 e. The summed E-state index contributed by atoms with van der Waals surface area (Å²) in [6, 6.07) is 29.0. The Morgan fingerprint density at radius 2 is 1.56 bits per heavy atom. The number of aromatic hydroxyl groups is 2. The number of hydrogen-bond acceptors (Lipinski definition) is 5. The van der Waals surface area contributed by atoms with E-state index in [0.29, 0.717) is 47.0 Å². The third-order valence-electron chi connectivity index (χ3n) is 7.85. The Morgan fingerprint density at radius 3 is 2.36 bits per heavy atom. The number of rotatable bonds is 9. The summed E-state index contributed by atoms with van der Waals surface area (Å²) in [6.07, 6.45) is 1.41. The predicted molar refractivity (Wildman–Crippen MR) is 172 cm³/mol. The second-order valence-electron chi connectivity index (χ2n) is 11.1. The average Bonchev–Trinajstić information content (AvgIpc) is 3.48. The molecular formula is C37H31FN2O5. The normalized spacial score (nSPS) is 11.9. The molecule has 2 amide bonds. The number of nitrogens with one attached hydrogen (secondary N) is 2. The van der Waals surface area contributed by atoms with Gasteiger partial charge in [0.15, 0.2) is 17.3 Å². The van der Waals surface area contributed by atoms with Crippen LogP contribution in [-0.4, -0.2) is 28.1 Å². The zero-order valence-electron chi connectivity index (χ0n) is 24.5. The number of amides is 2. The number of phenols is 2. The molecule has 226 valence electrons. The van der Waals surface area contributed by atoms with E-state index in [2.05, 4.69) is 10.6 Å². The molecule has 0 aliphatic rings. The first kappa shape index (κ1) is 29.4. The van der Waals surface area contributed by atoms with Crippen LogP contribution in [0.5, 0.6) is 11.5 Å². The molecule has 1 atom stereocenters. The Hall–Kier alpha value is -5.63. The lowest BCUT2D eigenvalue weighted by molar-refractivity contribution is 0.0939. The van der Waals surface area contributed by atoms with Crippen LogP contribution in [0, 0.1) is 5.82 Å². The summed E-state index contributed by atoms with van der Waals surface area (Å²) in [5, 5.41) is 27.8. The Balaban J connectivity index is 1.22. The van der Waals surface area contributed by atoms with E-state index in [-0.39, 0.29) is 35.0 Å². The van der Waals surface area contributed by atoms with Crippen LogP contribution in [0.1, 0.15) is 44.5 Å². The summed E-state index contributed by atoms with van der Waals surface area (Å²) in [4.78, 5) is 26.6. The van der Waals surface area contributed by atoms with Crippen LogP contribution in [0.2, 0.25) is 0 Å². The van der Waals surface area contributed by atoms with Crippen molar-refractivity contribution in [1.29, 1.82) is 0 Å². The number of anilines is 1. The fourth-order valence-corrected chi connectivity index (χ4v) is 5.54. The van der Waals surface area contributed by atoms with Crippen molar-refractivity contribution in [3.8, 4) is 11.5 Å². The molecule has 0 saturated heterocycles. The molecule has 1 aromatic heterocycles. The molecule has 6 rings (SSSR count). The maximum atomic E-state index is 14.3. The number of aryl methyl sites for hydroxylation is 2. The molecule has 8 heteroatoms. The van der Waals surface area contributed by atoms with Crippen LogP contribution in [0.4, 0.5) is 10.1 Å². The molecule has 1 unspecified atom stereocenters. The molecule has 45 heavy (non-hydrogen) atoms. The lowest BCUT2D eigenvalue weighted by Crippen LogP contribution is -2.34. The van der Waals surface area contributed by atoms with Gasteiger partial charge in [-0.1, -0.05) is 54.6 Å². The summed E-state index contributed by atoms with van der Waals surface area (Å²) in [6.45, 7) is 1.90. The van der Waals surface area contributed by atoms with Crippen molar-refractivity contribution < 1.29 is 28.6 Å². The van der Waals surface area contributed by atoms with Gasteiger partial charge in [-0.15, -0.1) is 0 Å². The highest BCUT2D eigenvalue weighted by atomic mass is 19.1. The number of benzene rings is 5. The second-order valence-corrected chi connectivity index (χ2v) is 11.1. The highest BCUT2D eigenvalue weighted by Gasteiger charge is 2.18. The number of furan rings is 1. The Labute approximate surface area is 258 Å². The van der Waals surface area contributed by atoms with Crippen LogP contribution in [0.15, 0.2) is 108 Å². The summed E-state index contributed by atoms with van der Waals surface area (Å²) in [5.74, 6) is -1.26. The first-order valence-electron chi connectivity index (χ1n) is 14.7. The van der Waals surface area contributed by atoms with E-state index in [1.165, 1.54) is 18.2 Å². The van der Waals surface area contributed by atoms with Gasteiger partial charge >= 0.3 is 0 Å². The fourth-order valence-electron chi connectivity index (χ4n) is 5.54. The van der Waals surface area contributed by atoms with Crippen molar-refractivity contribution in [3.05, 3.63) is 137 Å². The zero-order valence-corrected chi connectivity index (χ0v) is 24.5. The minimum atomic E-state index is -0.424. The van der Waals surface area contributed by atoms with E-state index in [0.717, 1.165) is 21.9 Å². The van der Waals surface area contributed by atoms with Crippen LogP contribution in [-0.2, 0) is 19.3 Å². The Morgan fingerprint density at radius 1 is 0.778 bits per heavy atom. The highest BCUT2D eigenvalue weighted by molar-refractivity contribution is 6.05. The van der Waals surface area contributed by atoms with Crippen molar-refractivity contribution in [2.45, 2.75) is 32.2 Å². The Bertz CT molecular complexity index is 2020. The molecule has 0 fully saturated rings. The van der Waals surface area contributed by atoms with E-state index in [4.69, 9.17) is 4.42 Å². The van der Waals surface area contributed by atoms with Gasteiger partial charge in [0.25, 0.3) is 11.8 Å². The van der Waals surface area contributed by atoms with Gasteiger partial charge in [-0.25, -0.2) is 4.39 Å². The zero-order chi connectivity index (χ0) is 31.5. The summed E-state index contributed by atoms with van der Waals surface area (Å²) < 4.78 is 20.0. The number of halogens is 1. The minimum Gasteiger partial charge on any atom is -0.504 e. The van der Waals surface area contributed by atoms with Gasteiger partial charge in [-0.05, 0) is 96.8 Å². The number of carbonyl (C=O) groups is 2. The van der Waals surface area contributed by atoms with Crippen LogP contribution in [0.25, 0.3) is 21.7 Å². The molecule has 0 spiro atoms. The molecule has 0 saturated carbocycles. The monoisotopic (exact) mass is 602 g/mol. The van der Waals surface area contributed by atoms with E-state index >= 15 is 0 Å². The third kappa shape index (κ3) is 6.50. The molecule has 4 N–H and O–H groups in total. The fraction of sp³-hybridized carbons (Fsp3) is 0.135. The highest BCUT2D eigenvalue weighted by Crippen LogP contribution is 2.28. The van der Waals surface area contributed by atoms with Gasteiger partial charge in [-0.3, -0.25) is 9.59 Å². The second kappa shape index (κ2) is 12.5. The number of para-hydroxylation sites is 1. The first-order valence-corrected chi connectivity index (χ1v) is 14.7. The summed E-state index contributed by atoms with van der Waals surface area (Å²) in [5.41, 5.74) is 3.94. The number of hydrogen-bond donors (Lipinski definition) is 4. The van der Waals surface area contributed by atoms with Crippen molar-refractivity contribution in [2.75, 3.05) is 5.32 Å². The van der Waals surface area contributed by atoms with E-state index < -0.39 is 5.91 Å². The maximum Gasteiger partial charge on any atom is 0.291 e. The molecule has 5 aromatic carbocycles. The van der Waals surface area contributed by atoms with Gasteiger partial charge in [0.05, 0.1) is 0 Å².